The molecule has 0 aliphatic heterocycles. The molecule has 2 aromatic carbocycles. The zero-order chi connectivity index (χ0) is 20.6. The molecule has 2 aromatic rings. The molecule has 1 N–H and O–H groups in total. The maximum Gasteiger partial charge on any atom is 0.331 e. The number of allylic oxidation sites excluding steroid dienone is 1. The van der Waals surface area contributed by atoms with Crippen molar-refractivity contribution < 1.29 is 14.3 Å². The van der Waals surface area contributed by atoms with Crippen molar-refractivity contribution in [3.63, 3.8) is 0 Å². The van der Waals surface area contributed by atoms with Crippen LogP contribution in [0.15, 0.2) is 46.9 Å². The molecule has 0 aromatic heterocycles. The average Bonchev–Trinajstić information content (AvgIpc) is 3.00. The van der Waals surface area contributed by atoms with Crippen molar-refractivity contribution in [3.05, 3.63) is 63.1 Å². The highest BCUT2D eigenvalue weighted by atomic mass is 79.9. The summed E-state index contributed by atoms with van der Waals surface area (Å²) in [5, 5.41) is 4.06. The molecule has 0 bridgehead atoms. The molecule has 152 valence electrons. The molecule has 4 rings (SSSR count). The van der Waals surface area contributed by atoms with Crippen LogP contribution in [0.3, 0.4) is 0 Å². The molecule has 2 aliphatic carbocycles. The summed E-state index contributed by atoms with van der Waals surface area (Å²) < 4.78 is 11.8. The van der Waals surface area contributed by atoms with Gasteiger partial charge in [-0.05, 0) is 73.2 Å². The number of rotatable bonds is 4. The van der Waals surface area contributed by atoms with Crippen molar-refractivity contribution in [1.29, 1.82) is 0 Å². The number of esters is 1. The Morgan fingerprint density at radius 2 is 1.86 bits per heavy atom. The zero-order valence-electron chi connectivity index (χ0n) is 16.4. The van der Waals surface area contributed by atoms with Gasteiger partial charge in [-0.3, -0.25) is 0 Å². The standard InChI is InChI=1S/C23H23BrClNO3/c1-28-18-7-6-15-12-20(24)22(19(15)14-18)8-10-23(11-9-22,21(27)29-2)26-17-5-3-4-16(25)13-17/h3-7,12-14,26H,8-11H2,1-2H3. The van der Waals surface area contributed by atoms with Crippen LogP contribution in [0.2, 0.25) is 5.02 Å². The van der Waals surface area contributed by atoms with E-state index < -0.39 is 5.54 Å². The highest BCUT2D eigenvalue weighted by molar-refractivity contribution is 9.11. The summed E-state index contributed by atoms with van der Waals surface area (Å²) in [6.07, 6.45) is 5.10. The molecule has 6 heteroatoms. The van der Waals surface area contributed by atoms with Gasteiger partial charge in [-0.15, -0.1) is 0 Å². The third-order valence-electron chi connectivity index (χ3n) is 6.26. The van der Waals surface area contributed by atoms with Crippen LogP contribution in [0.1, 0.15) is 36.8 Å². The molecule has 0 heterocycles. The monoisotopic (exact) mass is 475 g/mol. The van der Waals surface area contributed by atoms with E-state index in [2.05, 4.69) is 39.5 Å². The first-order valence-electron chi connectivity index (χ1n) is 9.61. The van der Waals surface area contributed by atoms with Crippen LogP contribution >= 0.6 is 27.5 Å². The predicted molar refractivity (Wildman–Crippen MR) is 120 cm³/mol. The summed E-state index contributed by atoms with van der Waals surface area (Å²) in [6.45, 7) is 0. The molecular weight excluding hydrogens is 454 g/mol. The normalized spacial score (nSPS) is 25.3. The lowest BCUT2D eigenvalue weighted by Crippen LogP contribution is -2.52. The number of hydrogen-bond donors (Lipinski definition) is 1. The number of halogens is 2. The lowest BCUT2D eigenvalue weighted by Gasteiger charge is -2.45. The largest absolute Gasteiger partial charge is 0.497 e. The number of carbonyl (C=O) groups is 1. The Kier molecular flexibility index (Phi) is 5.38. The van der Waals surface area contributed by atoms with Gasteiger partial charge in [0, 0.05) is 20.6 Å². The summed E-state index contributed by atoms with van der Waals surface area (Å²) in [5.41, 5.74) is 2.36. The average molecular weight is 477 g/mol. The molecule has 1 fully saturated rings. The van der Waals surface area contributed by atoms with Gasteiger partial charge in [0.25, 0.3) is 0 Å². The van der Waals surface area contributed by atoms with Crippen molar-refractivity contribution in [3.8, 4) is 5.75 Å². The first-order chi connectivity index (χ1) is 13.9. The van der Waals surface area contributed by atoms with E-state index >= 15 is 0 Å². The summed E-state index contributed by atoms with van der Waals surface area (Å²) in [7, 11) is 3.13. The topological polar surface area (TPSA) is 47.6 Å². The number of anilines is 1. The molecule has 1 saturated carbocycles. The summed E-state index contributed by atoms with van der Waals surface area (Å²) in [5.74, 6) is 0.608. The molecule has 0 amide bonds. The maximum atomic E-state index is 12.8. The second-order valence-electron chi connectivity index (χ2n) is 7.74. The lowest BCUT2D eigenvalue weighted by molar-refractivity contribution is -0.147. The number of carbonyl (C=O) groups excluding carboxylic acids is 1. The molecule has 0 saturated heterocycles. The predicted octanol–water partition coefficient (Wildman–Crippen LogP) is 5.93. The van der Waals surface area contributed by atoms with Crippen LogP contribution in [0.4, 0.5) is 5.69 Å². The minimum atomic E-state index is -0.778. The van der Waals surface area contributed by atoms with Crippen LogP contribution in [-0.2, 0) is 14.9 Å². The van der Waals surface area contributed by atoms with Crippen molar-refractivity contribution in [2.45, 2.75) is 36.6 Å². The summed E-state index contributed by atoms with van der Waals surface area (Å²) in [4.78, 5) is 12.8. The fraction of sp³-hybridized carbons (Fsp3) is 0.348. The molecule has 1 spiro atoms. The van der Waals surface area contributed by atoms with Crippen molar-refractivity contribution >= 4 is 45.3 Å². The fourth-order valence-corrected chi connectivity index (χ4v) is 5.68. The maximum absolute atomic E-state index is 12.8. The van der Waals surface area contributed by atoms with E-state index in [1.807, 2.05) is 30.3 Å². The molecule has 0 radical (unpaired) electrons. The van der Waals surface area contributed by atoms with Gasteiger partial charge in [0.1, 0.15) is 11.3 Å². The number of benzene rings is 2. The third-order valence-corrected chi connectivity index (χ3v) is 7.48. The zero-order valence-corrected chi connectivity index (χ0v) is 18.8. The molecule has 2 aliphatic rings. The number of ether oxygens (including phenoxy) is 2. The fourth-order valence-electron chi connectivity index (χ4n) is 4.64. The highest BCUT2D eigenvalue weighted by Gasteiger charge is 2.51. The van der Waals surface area contributed by atoms with Crippen LogP contribution < -0.4 is 10.1 Å². The number of fused-ring (bicyclic) bond motifs is 2. The Hall–Kier alpha value is -1.98. The van der Waals surface area contributed by atoms with E-state index in [-0.39, 0.29) is 11.4 Å². The Labute approximate surface area is 184 Å². The van der Waals surface area contributed by atoms with Crippen LogP contribution in [0, 0.1) is 0 Å². The lowest BCUT2D eigenvalue weighted by atomic mass is 9.65. The van der Waals surface area contributed by atoms with Crippen molar-refractivity contribution in [2.75, 3.05) is 19.5 Å². The van der Waals surface area contributed by atoms with E-state index in [1.165, 1.54) is 18.2 Å². The van der Waals surface area contributed by atoms with Gasteiger partial charge in [0.05, 0.1) is 14.2 Å². The SMILES string of the molecule is COC(=O)C1(Nc2cccc(Cl)c2)CCC2(CC1)C(Br)=Cc1ccc(OC)cc12. The van der Waals surface area contributed by atoms with E-state index in [1.54, 1.807) is 7.11 Å². The minimum Gasteiger partial charge on any atom is -0.497 e. The molecule has 0 atom stereocenters. The third kappa shape index (κ3) is 3.44. The summed E-state index contributed by atoms with van der Waals surface area (Å²) in [6, 6.07) is 13.6. The summed E-state index contributed by atoms with van der Waals surface area (Å²) >= 11 is 9.96. The van der Waals surface area contributed by atoms with E-state index in [9.17, 15) is 4.79 Å². The van der Waals surface area contributed by atoms with Gasteiger partial charge in [-0.2, -0.15) is 0 Å². The van der Waals surface area contributed by atoms with Crippen LogP contribution in [-0.4, -0.2) is 25.7 Å². The van der Waals surface area contributed by atoms with Gasteiger partial charge in [0.2, 0.25) is 0 Å². The highest BCUT2D eigenvalue weighted by Crippen LogP contribution is 2.56. The van der Waals surface area contributed by atoms with Crippen LogP contribution in [0.5, 0.6) is 5.75 Å². The van der Waals surface area contributed by atoms with Gasteiger partial charge >= 0.3 is 5.97 Å². The second-order valence-corrected chi connectivity index (χ2v) is 9.03. The number of methoxy groups -OCH3 is 2. The first kappa shape index (κ1) is 20.3. The number of nitrogens with one attached hydrogen (secondary N) is 1. The molecule has 29 heavy (non-hydrogen) atoms. The molecular formula is C23H23BrClNO3. The number of hydrogen-bond acceptors (Lipinski definition) is 4. The van der Waals surface area contributed by atoms with E-state index in [4.69, 9.17) is 21.1 Å². The van der Waals surface area contributed by atoms with Gasteiger partial charge in [-0.1, -0.05) is 39.7 Å². The van der Waals surface area contributed by atoms with Gasteiger partial charge in [-0.25, -0.2) is 4.79 Å². The smallest absolute Gasteiger partial charge is 0.331 e. The second kappa shape index (κ2) is 7.69. The Morgan fingerprint density at radius 1 is 1.10 bits per heavy atom. The van der Waals surface area contributed by atoms with Gasteiger partial charge in [0.15, 0.2) is 0 Å². The Morgan fingerprint density at radius 3 is 2.52 bits per heavy atom. The molecule has 0 unspecified atom stereocenters. The van der Waals surface area contributed by atoms with E-state index in [0.717, 1.165) is 28.8 Å². The Bertz CT molecular complexity index is 980. The molecule has 4 nitrogen and oxygen atoms in total. The van der Waals surface area contributed by atoms with Crippen molar-refractivity contribution in [1.82, 2.24) is 0 Å². The minimum absolute atomic E-state index is 0.141. The van der Waals surface area contributed by atoms with Crippen molar-refractivity contribution in [2.24, 2.45) is 0 Å². The van der Waals surface area contributed by atoms with E-state index in [0.29, 0.717) is 17.9 Å². The van der Waals surface area contributed by atoms with Gasteiger partial charge < -0.3 is 14.8 Å². The first-order valence-corrected chi connectivity index (χ1v) is 10.8. The van der Waals surface area contributed by atoms with Crippen LogP contribution in [0.25, 0.3) is 6.08 Å². The quantitative estimate of drug-likeness (QED) is 0.555. The Balaban J connectivity index is 1.66.